The SMILES string of the molecule is O=C(c1cc(-n2cnnn2)ccc1Cl)N1CCN(Cc2ccccc2)CC1. The molecule has 4 rings (SSSR count). The van der Waals surface area contributed by atoms with Crippen LogP contribution in [-0.2, 0) is 6.54 Å². The lowest BCUT2D eigenvalue weighted by Gasteiger charge is -2.35. The summed E-state index contributed by atoms with van der Waals surface area (Å²) in [5, 5.41) is 11.5. The summed E-state index contributed by atoms with van der Waals surface area (Å²) in [6.07, 6.45) is 1.49. The molecular weight excluding hydrogens is 364 g/mol. The van der Waals surface area contributed by atoms with Crippen molar-refractivity contribution < 1.29 is 4.79 Å². The smallest absolute Gasteiger partial charge is 0.255 e. The number of hydrogen-bond donors (Lipinski definition) is 0. The molecule has 1 amide bonds. The van der Waals surface area contributed by atoms with E-state index in [9.17, 15) is 4.79 Å². The zero-order valence-corrected chi connectivity index (χ0v) is 15.5. The van der Waals surface area contributed by atoms with Crippen LogP contribution in [0.4, 0.5) is 0 Å². The van der Waals surface area contributed by atoms with Crippen molar-refractivity contribution in [3.8, 4) is 5.69 Å². The number of tetrazole rings is 1. The molecule has 0 bridgehead atoms. The molecule has 1 saturated heterocycles. The minimum atomic E-state index is -0.0608. The molecule has 0 radical (unpaired) electrons. The molecule has 1 fully saturated rings. The van der Waals surface area contributed by atoms with Crippen molar-refractivity contribution in [1.82, 2.24) is 30.0 Å². The van der Waals surface area contributed by atoms with Crippen molar-refractivity contribution in [3.63, 3.8) is 0 Å². The highest BCUT2D eigenvalue weighted by molar-refractivity contribution is 6.33. The molecule has 27 heavy (non-hydrogen) atoms. The maximum atomic E-state index is 13.0. The number of rotatable bonds is 4. The first kappa shape index (κ1) is 17.6. The Hall–Kier alpha value is -2.77. The summed E-state index contributed by atoms with van der Waals surface area (Å²) >= 11 is 6.29. The number of amides is 1. The van der Waals surface area contributed by atoms with Gasteiger partial charge in [-0.25, -0.2) is 4.68 Å². The predicted octanol–water partition coefficient (Wildman–Crippen LogP) is 2.27. The number of aromatic nitrogens is 4. The molecule has 7 nitrogen and oxygen atoms in total. The Kier molecular flexibility index (Phi) is 5.13. The van der Waals surface area contributed by atoms with Crippen molar-refractivity contribution in [2.75, 3.05) is 26.2 Å². The Balaban J connectivity index is 1.43. The summed E-state index contributed by atoms with van der Waals surface area (Å²) in [7, 11) is 0. The summed E-state index contributed by atoms with van der Waals surface area (Å²) in [4.78, 5) is 17.2. The molecular formula is C19H19ClN6O. The van der Waals surface area contributed by atoms with Gasteiger partial charge in [-0.3, -0.25) is 9.69 Å². The zero-order chi connectivity index (χ0) is 18.6. The van der Waals surface area contributed by atoms with E-state index in [0.717, 1.165) is 19.6 Å². The van der Waals surface area contributed by atoms with Gasteiger partial charge in [0.15, 0.2) is 0 Å². The first-order chi connectivity index (χ1) is 13.2. The second-order valence-electron chi connectivity index (χ2n) is 6.47. The van der Waals surface area contributed by atoms with Crippen molar-refractivity contribution in [2.24, 2.45) is 0 Å². The Morgan fingerprint density at radius 3 is 2.52 bits per heavy atom. The Morgan fingerprint density at radius 1 is 1.04 bits per heavy atom. The second-order valence-corrected chi connectivity index (χ2v) is 6.88. The van der Waals surface area contributed by atoms with Crippen LogP contribution < -0.4 is 0 Å². The first-order valence-corrected chi connectivity index (χ1v) is 9.17. The lowest BCUT2D eigenvalue weighted by atomic mass is 10.1. The molecule has 1 aromatic heterocycles. The van der Waals surface area contributed by atoms with Gasteiger partial charge < -0.3 is 4.90 Å². The van der Waals surface area contributed by atoms with E-state index in [0.29, 0.717) is 29.4 Å². The normalized spacial score (nSPS) is 15.1. The van der Waals surface area contributed by atoms with E-state index in [4.69, 9.17) is 11.6 Å². The molecule has 0 atom stereocenters. The fourth-order valence-corrected chi connectivity index (χ4v) is 3.42. The summed E-state index contributed by atoms with van der Waals surface area (Å²) < 4.78 is 1.50. The first-order valence-electron chi connectivity index (χ1n) is 8.79. The lowest BCUT2D eigenvalue weighted by molar-refractivity contribution is 0.0628. The van der Waals surface area contributed by atoms with Gasteiger partial charge in [0.05, 0.1) is 16.3 Å². The molecule has 138 valence electrons. The minimum Gasteiger partial charge on any atom is -0.336 e. The molecule has 0 aliphatic carbocycles. The van der Waals surface area contributed by atoms with E-state index in [1.54, 1.807) is 18.2 Å². The topological polar surface area (TPSA) is 67.2 Å². The summed E-state index contributed by atoms with van der Waals surface area (Å²) in [6.45, 7) is 3.93. The largest absolute Gasteiger partial charge is 0.336 e. The van der Waals surface area contributed by atoms with E-state index in [1.165, 1.54) is 16.6 Å². The Morgan fingerprint density at radius 2 is 1.81 bits per heavy atom. The van der Waals surface area contributed by atoms with Crippen LogP contribution in [0.5, 0.6) is 0 Å². The van der Waals surface area contributed by atoms with Crippen molar-refractivity contribution in [3.05, 3.63) is 71.0 Å². The third-order valence-electron chi connectivity index (χ3n) is 4.70. The van der Waals surface area contributed by atoms with Crippen molar-refractivity contribution >= 4 is 17.5 Å². The van der Waals surface area contributed by atoms with Gasteiger partial charge in [-0.15, -0.1) is 5.10 Å². The lowest BCUT2D eigenvalue weighted by Crippen LogP contribution is -2.48. The monoisotopic (exact) mass is 382 g/mol. The molecule has 2 aromatic carbocycles. The molecule has 0 spiro atoms. The van der Waals surface area contributed by atoms with Gasteiger partial charge >= 0.3 is 0 Å². The quantitative estimate of drug-likeness (QED) is 0.692. The summed E-state index contributed by atoms with van der Waals surface area (Å²) in [6, 6.07) is 15.6. The molecule has 1 aliphatic rings. The van der Waals surface area contributed by atoms with Crippen LogP contribution in [0.3, 0.4) is 0 Å². The average molecular weight is 383 g/mol. The van der Waals surface area contributed by atoms with Gasteiger partial charge in [-0.1, -0.05) is 41.9 Å². The molecule has 0 N–H and O–H groups in total. The number of carbonyl (C=O) groups excluding carboxylic acids is 1. The van der Waals surface area contributed by atoms with E-state index in [-0.39, 0.29) is 5.91 Å². The standard InChI is InChI=1S/C19H19ClN6O/c20-18-7-6-16(26-14-21-22-23-26)12-17(18)19(27)25-10-8-24(9-11-25)13-15-4-2-1-3-5-15/h1-7,12,14H,8-11,13H2. The molecule has 0 saturated carbocycles. The predicted molar refractivity (Wildman–Crippen MR) is 102 cm³/mol. The number of hydrogen-bond acceptors (Lipinski definition) is 5. The highest BCUT2D eigenvalue weighted by atomic mass is 35.5. The van der Waals surface area contributed by atoms with Crippen LogP contribution in [-0.4, -0.2) is 62.1 Å². The van der Waals surface area contributed by atoms with Crippen LogP contribution in [0.25, 0.3) is 5.69 Å². The number of carbonyl (C=O) groups is 1. The average Bonchev–Trinajstić information content (AvgIpc) is 3.24. The second kappa shape index (κ2) is 7.85. The third kappa shape index (κ3) is 3.99. The molecule has 1 aliphatic heterocycles. The number of benzene rings is 2. The van der Waals surface area contributed by atoms with Gasteiger partial charge in [-0.05, 0) is 34.2 Å². The minimum absolute atomic E-state index is 0.0608. The van der Waals surface area contributed by atoms with E-state index in [2.05, 4.69) is 44.7 Å². The number of halogens is 1. The van der Waals surface area contributed by atoms with Crippen LogP contribution >= 0.6 is 11.6 Å². The van der Waals surface area contributed by atoms with Gasteiger partial charge in [-0.2, -0.15) is 0 Å². The van der Waals surface area contributed by atoms with Crippen molar-refractivity contribution in [1.29, 1.82) is 0 Å². The maximum Gasteiger partial charge on any atom is 0.255 e. The van der Waals surface area contributed by atoms with E-state index < -0.39 is 0 Å². The third-order valence-corrected chi connectivity index (χ3v) is 5.03. The zero-order valence-electron chi connectivity index (χ0n) is 14.7. The van der Waals surface area contributed by atoms with Gasteiger partial charge in [0.2, 0.25) is 0 Å². The van der Waals surface area contributed by atoms with Gasteiger partial charge in [0, 0.05) is 32.7 Å². The fourth-order valence-electron chi connectivity index (χ4n) is 3.22. The maximum absolute atomic E-state index is 13.0. The van der Waals surface area contributed by atoms with Crippen LogP contribution in [0.1, 0.15) is 15.9 Å². The summed E-state index contributed by atoms with van der Waals surface area (Å²) in [5.74, 6) is -0.0608. The molecule has 0 unspecified atom stereocenters. The fraction of sp³-hybridized carbons (Fsp3) is 0.263. The molecule has 2 heterocycles. The van der Waals surface area contributed by atoms with E-state index in [1.807, 2.05) is 11.0 Å². The highest BCUT2D eigenvalue weighted by Gasteiger charge is 2.24. The Bertz CT molecular complexity index is 907. The molecule has 8 heteroatoms. The number of nitrogens with zero attached hydrogens (tertiary/aromatic N) is 6. The van der Waals surface area contributed by atoms with Crippen LogP contribution in [0, 0.1) is 0 Å². The van der Waals surface area contributed by atoms with Crippen molar-refractivity contribution in [2.45, 2.75) is 6.54 Å². The molecule has 3 aromatic rings. The summed E-state index contributed by atoms with van der Waals surface area (Å²) in [5.41, 5.74) is 2.46. The number of piperazine rings is 1. The highest BCUT2D eigenvalue weighted by Crippen LogP contribution is 2.22. The van der Waals surface area contributed by atoms with Gasteiger partial charge in [0.25, 0.3) is 5.91 Å². The van der Waals surface area contributed by atoms with Crippen LogP contribution in [0.2, 0.25) is 5.02 Å². The van der Waals surface area contributed by atoms with Crippen LogP contribution in [0.15, 0.2) is 54.9 Å². The Labute approximate surface area is 162 Å². The van der Waals surface area contributed by atoms with Gasteiger partial charge in [0.1, 0.15) is 6.33 Å². The van der Waals surface area contributed by atoms with E-state index >= 15 is 0 Å².